The lowest BCUT2D eigenvalue weighted by atomic mass is 10.1. The van der Waals surface area contributed by atoms with E-state index < -0.39 is 10.0 Å². The quantitative estimate of drug-likeness (QED) is 0.437. The summed E-state index contributed by atoms with van der Waals surface area (Å²) in [5, 5.41) is 6.94. The molecule has 168 valence electrons. The molecule has 1 amide bonds. The van der Waals surface area contributed by atoms with Crippen molar-refractivity contribution in [3.8, 4) is 5.69 Å². The first-order chi connectivity index (χ1) is 15.8. The summed E-state index contributed by atoms with van der Waals surface area (Å²) in [6.07, 6.45) is 3.07. The third kappa shape index (κ3) is 5.27. The van der Waals surface area contributed by atoms with Gasteiger partial charge in [-0.25, -0.2) is 18.1 Å². The minimum atomic E-state index is -3.84. The number of carbonyl (C=O) groups excluding carboxylic acids is 1. The molecule has 1 heterocycles. The second-order valence-electron chi connectivity index (χ2n) is 7.64. The van der Waals surface area contributed by atoms with E-state index in [1.165, 1.54) is 18.5 Å². The van der Waals surface area contributed by atoms with Crippen LogP contribution in [0.2, 0.25) is 0 Å². The molecule has 0 fully saturated rings. The van der Waals surface area contributed by atoms with Crippen LogP contribution in [-0.4, -0.2) is 29.1 Å². The van der Waals surface area contributed by atoms with E-state index in [0.29, 0.717) is 23.4 Å². The zero-order valence-electron chi connectivity index (χ0n) is 18.2. The SMILES string of the molecule is Cc1cccc(NS(=O)(=O)c2ccc(C)c(C(=O)NCc3ccc(-n4cncn4)cc3)c2)c1. The van der Waals surface area contributed by atoms with Crippen LogP contribution in [0.4, 0.5) is 5.69 Å². The second kappa shape index (κ2) is 9.25. The Morgan fingerprint density at radius 3 is 2.48 bits per heavy atom. The number of hydrogen-bond donors (Lipinski definition) is 2. The molecule has 0 spiro atoms. The maximum atomic E-state index is 12.9. The standard InChI is InChI=1S/C24H23N5O3S/c1-17-4-3-5-20(12-17)28-33(31,32)22-11-6-18(2)23(13-22)24(30)26-14-19-7-9-21(10-8-19)29-16-25-15-27-29/h3-13,15-16,28H,14H2,1-2H3,(H,26,30). The Morgan fingerprint density at radius 2 is 1.79 bits per heavy atom. The molecular formula is C24H23N5O3S. The first-order valence-electron chi connectivity index (χ1n) is 10.2. The number of sulfonamides is 1. The molecule has 0 unspecified atom stereocenters. The third-order valence-electron chi connectivity index (χ3n) is 5.11. The average Bonchev–Trinajstić information content (AvgIpc) is 3.33. The van der Waals surface area contributed by atoms with Crippen LogP contribution in [0.15, 0.2) is 84.3 Å². The van der Waals surface area contributed by atoms with Crippen LogP contribution < -0.4 is 10.0 Å². The van der Waals surface area contributed by atoms with Crippen molar-refractivity contribution in [1.82, 2.24) is 20.1 Å². The van der Waals surface area contributed by atoms with Gasteiger partial charge in [-0.05, 0) is 66.9 Å². The van der Waals surface area contributed by atoms with Crippen molar-refractivity contribution in [3.05, 3.63) is 102 Å². The minimum Gasteiger partial charge on any atom is -0.348 e. The van der Waals surface area contributed by atoms with Gasteiger partial charge < -0.3 is 5.32 Å². The van der Waals surface area contributed by atoms with Crippen LogP contribution in [0, 0.1) is 13.8 Å². The molecular weight excluding hydrogens is 438 g/mol. The van der Waals surface area contributed by atoms with Gasteiger partial charge in [0.2, 0.25) is 0 Å². The van der Waals surface area contributed by atoms with E-state index in [9.17, 15) is 13.2 Å². The number of benzene rings is 3. The molecule has 3 aromatic carbocycles. The van der Waals surface area contributed by atoms with Gasteiger partial charge in [-0.15, -0.1) is 0 Å². The van der Waals surface area contributed by atoms with Crippen molar-refractivity contribution in [2.75, 3.05) is 4.72 Å². The van der Waals surface area contributed by atoms with Gasteiger partial charge in [0.25, 0.3) is 15.9 Å². The van der Waals surface area contributed by atoms with Gasteiger partial charge in [0.1, 0.15) is 12.7 Å². The topological polar surface area (TPSA) is 106 Å². The number of hydrogen-bond acceptors (Lipinski definition) is 5. The molecule has 4 rings (SSSR count). The molecule has 33 heavy (non-hydrogen) atoms. The number of amides is 1. The van der Waals surface area contributed by atoms with Gasteiger partial charge in [0.15, 0.2) is 0 Å². The van der Waals surface area contributed by atoms with Gasteiger partial charge in [0.05, 0.1) is 10.6 Å². The highest BCUT2D eigenvalue weighted by molar-refractivity contribution is 7.92. The number of carbonyl (C=O) groups is 1. The van der Waals surface area contributed by atoms with E-state index in [4.69, 9.17) is 0 Å². The van der Waals surface area contributed by atoms with Crippen LogP contribution in [0.1, 0.15) is 27.0 Å². The molecule has 0 radical (unpaired) electrons. The monoisotopic (exact) mass is 461 g/mol. The third-order valence-corrected chi connectivity index (χ3v) is 6.49. The molecule has 9 heteroatoms. The molecule has 1 aromatic heterocycles. The highest BCUT2D eigenvalue weighted by Gasteiger charge is 2.18. The lowest BCUT2D eigenvalue weighted by Crippen LogP contribution is -2.24. The number of aryl methyl sites for hydroxylation is 2. The van der Waals surface area contributed by atoms with Gasteiger partial charge in [-0.2, -0.15) is 5.10 Å². The van der Waals surface area contributed by atoms with Crippen molar-refractivity contribution in [3.63, 3.8) is 0 Å². The highest BCUT2D eigenvalue weighted by atomic mass is 32.2. The fraction of sp³-hybridized carbons (Fsp3) is 0.125. The van der Waals surface area contributed by atoms with Crippen molar-refractivity contribution in [2.24, 2.45) is 0 Å². The molecule has 4 aromatic rings. The van der Waals surface area contributed by atoms with Gasteiger partial charge >= 0.3 is 0 Å². The Kier molecular flexibility index (Phi) is 6.23. The van der Waals surface area contributed by atoms with Crippen LogP contribution in [-0.2, 0) is 16.6 Å². The van der Waals surface area contributed by atoms with Crippen molar-refractivity contribution < 1.29 is 13.2 Å². The summed E-state index contributed by atoms with van der Waals surface area (Å²) in [6, 6.07) is 19.1. The number of anilines is 1. The summed E-state index contributed by atoms with van der Waals surface area (Å²) in [4.78, 5) is 16.8. The summed E-state index contributed by atoms with van der Waals surface area (Å²) >= 11 is 0. The Balaban J connectivity index is 1.47. The first kappa shape index (κ1) is 22.2. The van der Waals surface area contributed by atoms with E-state index in [1.807, 2.05) is 37.3 Å². The van der Waals surface area contributed by atoms with Crippen molar-refractivity contribution in [2.45, 2.75) is 25.3 Å². The fourth-order valence-electron chi connectivity index (χ4n) is 3.32. The Hall–Kier alpha value is -3.98. The zero-order chi connectivity index (χ0) is 23.4. The molecule has 8 nitrogen and oxygen atoms in total. The molecule has 0 aliphatic rings. The van der Waals surface area contributed by atoms with Crippen LogP contribution in [0.25, 0.3) is 5.69 Å². The number of nitrogens with zero attached hydrogens (tertiary/aromatic N) is 3. The van der Waals surface area contributed by atoms with Crippen LogP contribution >= 0.6 is 0 Å². The van der Waals surface area contributed by atoms with E-state index in [-0.39, 0.29) is 10.8 Å². The summed E-state index contributed by atoms with van der Waals surface area (Å²) in [5.41, 5.74) is 4.15. The first-order valence-corrected chi connectivity index (χ1v) is 11.7. The van der Waals surface area contributed by atoms with E-state index in [1.54, 1.807) is 42.2 Å². The van der Waals surface area contributed by atoms with Crippen molar-refractivity contribution in [1.29, 1.82) is 0 Å². The van der Waals surface area contributed by atoms with E-state index in [2.05, 4.69) is 20.1 Å². The van der Waals surface area contributed by atoms with Crippen LogP contribution in [0.3, 0.4) is 0 Å². The smallest absolute Gasteiger partial charge is 0.261 e. The lowest BCUT2D eigenvalue weighted by molar-refractivity contribution is 0.0950. The average molecular weight is 462 g/mol. The molecule has 0 saturated carbocycles. The summed E-state index contributed by atoms with van der Waals surface area (Å²) < 4.78 is 29.9. The number of rotatable bonds is 7. The Bertz CT molecular complexity index is 1380. The summed E-state index contributed by atoms with van der Waals surface area (Å²) in [5.74, 6) is -0.347. The van der Waals surface area contributed by atoms with Crippen molar-refractivity contribution >= 4 is 21.6 Å². The molecule has 0 aliphatic carbocycles. The van der Waals surface area contributed by atoms with Gasteiger partial charge in [0, 0.05) is 17.8 Å². The Labute approximate surface area is 192 Å². The fourth-order valence-corrected chi connectivity index (χ4v) is 4.40. The number of nitrogens with one attached hydrogen (secondary N) is 2. The molecule has 2 N–H and O–H groups in total. The molecule has 0 bridgehead atoms. The Morgan fingerprint density at radius 1 is 1.00 bits per heavy atom. The predicted octanol–water partition coefficient (Wildman–Crippen LogP) is 3.61. The second-order valence-corrected chi connectivity index (χ2v) is 9.32. The van der Waals surface area contributed by atoms with E-state index >= 15 is 0 Å². The van der Waals surface area contributed by atoms with Gasteiger partial charge in [-0.3, -0.25) is 9.52 Å². The van der Waals surface area contributed by atoms with E-state index in [0.717, 1.165) is 16.8 Å². The van der Waals surface area contributed by atoms with Crippen LogP contribution in [0.5, 0.6) is 0 Å². The summed E-state index contributed by atoms with van der Waals surface area (Å²) in [6.45, 7) is 3.95. The maximum Gasteiger partial charge on any atom is 0.261 e. The summed E-state index contributed by atoms with van der Waals surface area (Å²) in [7, 11) is -3.84. The largest absolute Gasteiger partial charge is 0.348 e. The molecule has 0 atom stereocenters. The lowest BCUT2D eigenvalue weighted by Gasteiger charge is -2.12. The molecule has 0 aliphatic heterocycles. The maximum absolute atomic E-state index is 12.9. The molecule has 0 saturated heterocycles. The predicted molar refractivity (Wildman–Crippen MR) is 126 cm³/mol. The normalized spacial score (nSPS) is 11.2. The van der Waals surface area contributed by atoms with Gasteiger partial charge in [-0.1, -0.05) is 30.3 Å². The zero-order valence-corrected chi connectivity index (χ0v) is 19.0. The minimum absolute atomic E-state index is 0.0249. The number of aromatic nitrogens is 3. The highest BCUT2D eigenvalue weighted by Crippen LogP contribution is 2.20.